The van der Waals surface area contributed by atoms with E-state index in [9.17, 15) is 9.18 Å². The molecule has 5 heteroatoms. The van der Waals surface area contributed by atoms with E-state index in [4.69, 9.17) is 4.74 Å². The van der Waals surface area contributed by atoms with Crippen molar-refractivity contribution in [2.24, 2.45) is 0 Å². The van der Waals surface area contributed by atoms with E-state index in [-0.39, 0.29) is 23.6 Å². The molecule has 2 aromatic rings. The van der Waals surface area contributed by atoms with Gasteiger partial charge in [-0.05, 0) is 24.6 Å². The van der Waals surface area contributed by atoms with E-state index in [2.05, 4.69) is 22.3 Å². The second-order valence-corrected chi connectivity index (χ2v) is 6.25. The Hall–Kier alpha value is -2.24. The molecule has 1 heterocycles. The SMILES string of the molecule is C[C@H](NC(=O)c1ccccc1F)[C@@H](c1ccccc1)N1CCOCC1. The van der Waals surface area contributed by atoms with Gasteiger partial charge in [0.2, 0.25) is 0 Å². The maximum atomic E-state index is 13.9. The van der Waals surface area contributed by atoms with Gasteiger partial charge in [0, 0.05) is 19.1 Å². The van der Waals surface area contributed by atoms with Crippen molar-refractivity contribution < 1.29 is 13.9 Å². The van der Waals surface area contributed by atoms with Crippen LogP contribution in [0.4, 0.5) is 4.39 Å². The minimum Gasteiger partial charge on any atom is -0.379 e. The van der Waals surface area contributed by atoms with Crippen molar-refractivity contribution in [2.75, 3.05) is 26.3 Å². The summed E-state index contributed by atoms with van der Waals surface area (Å²) in [6.07, 6.45) is 0. The summed E-state index contributed by atoms with van der Waals surface area (Å²) in [5, 5.41) is 2.97. The molecule has 1 aliphatic rings. The van der Waals surface area contributed by atoms with E-state index in [1.165, 1.54) is 12.1 Å². The van der Waals surface area contributed by atoms with E-state index in [0.29, 0.717) is 13.2 Å². The molecule has 4 nitrogen and oxygen atoms in total. The van der Waals surface area contributed by atoms with Crippen LogP contribution in [0.15, 0.2) is 54.6 Å². The fourth-order valence-corrected chi connectivity index (χ4v) is 3.33. The molecule has 2 atom stereocenters. The first-order valence-corrected chi connectivity index (χ1v) is 8.59. The lowest BCUT2D eigenvalue weighted by atomic mass is 9.97. The summed E-state index contributed by atoms with van der Waals surface area (Å²) in [6.45, 7) is 4.93. The van der Waals surface area contributed by atoms with E-state index >= 15 is 0 Å². The van der Waals surface area contributed by atoms with Crippen LogP contribution < -0.4 is 5.32 Å². The molecule has 0 spiro atoms. The molecule has 132 valence electrons. The second-order valence-electron chi connectivity index (χ2n) is 6.25. The number of halogens is 1. The predicted molar refractivity (Wildman–Crippen MR) is 94.9 cm³/mol. The van der Waals surface area contributed by atoms with Gasteiger partial charge in [-0.3, -0.25) is 9.69 Å². The summed E-state index contributed by atoms with van der Waals surface area (Å²) in [5.74, 6) is -0.894. The van der Waals surface area contributed by atoms with Gasteiger partial charge in [0.25, 0.3) is 5.91 Å². The Kier molecular flexibility index (Phi) is 5.79. The van der Waals surface area contributed by atoms with Crippen molar-refractivity contribution >= 4 is 5.91 Å². The van der Waals surface area contributed by atoms with Crippen molar-refractivity contribution in [3.8, 4) is 0 Å². The number of benzene rings is 2. The smallest absolute Gasteiger partial charge is 0.254 e. The summed E-state index contributed by atoms with van der Waals surface area (Å²) < 4.78 is 19.3. The van der Waals surface area contributed by atoms with Crippen LogP contribution in [0.5, 0.6) is 0 Å². The van der Waals surface area contributed by atoms with Crippen LogP contribution in [0, 0.1) is 5.82 Å². The maximum absolute atomic E-state index is 13.9. The van der Waals surface area contributed by atoms with Crippen LogP contribution in [-0.4, -0.2) is 43.2 Å². The van der Waals surface area contributed by atoms with Crippen molar-refractivity contribution in [2.45, 2.75) is 19.0 Å². The molecule has 1 aliphatic heterocycles. The third-order valence-electron chi connectivity index (χ3n) is 4.53. The van der Waals surface area contributed by atoms with Crippen molar-refractivity contribution in [3.63, 3.8) is 0 Å². The average Bonchev–Trinajstić information content (AvgIpc) is 2.64. The normalized spacial score (nSPS) is 17.7. The molecular formula is C20H23FN2O2. The van der Waals surface area contributed by atoms with Crippen molar-refractivity contribution in [1.29, 1.82) is 0 Å². The lowest BCUT2D eigenvalue weighted by Crippen LogP contribution is -2.48. The van der Waals surface area contributed by atoms with E-state index < -0.39 is 5.82 Å². The number of hydrogen-bond donors (Lipinski definition) is 1. The van der Waals surface area contributed by atoms with E-state index in [1.54, 1.807) is 12.1 Å². The van der Waals surface area contributed by atoms with Gasteiger partial charge in [0.15, 0.2) is 0 Å². The maximum Gasteiger partial charge on any atom is 0.254 e. The quantitative estimate of drug-likeness (QED) is 0.908. The molecule has 1 fully saturated rings. The number of rotatable bonds is 5. The Morgan fingerprint density at radius 3 is 2.40 bits per heavy atom. The minimum absolute atomic E-state index is 0.0147. The Labute approximate surface area is 147 Å². The zero-order chi connectivity index (χ0) is 17.6. The molecule has 1 N–H and O–H groups in total. The molecule has 0 aromatic heterocycles. The summed E-state index contributed by atoms with van der Waals surface area (Å²) >= 11 is 0. The van der Waals surface area contributed by atoms with Gasteiger partial charge in [0.1, 0.15) is 5.82 Å². The highest BCUT2D eigenvalue weighted by atomic mass is 19.1. The molecule has 3 rings (SSSR count). The van der Waals surface area contributed by atoms with Crippen LogP contribution in [0.2, 0.25) is 0 Å². The van der Waals surface area contributed by atoms with E-state index in [0.717, 1.165) is 18.7 Å². The number of nitrogens with zero attached hydrogens (tertiary/aromatic N) is 1. The molecule has 0 unspecified atom stereocenters. The van der Waals surface area contributed by atoms with Gasteiger partial charge < -0.3 is 10.1 Å². The molecule has 1 saturated heterocycles. The molecule has 0 radical (unpaired) electrons. The summed E-state index contributed by atoms with van der Waals surface area (Å²) in [7, 11) is 0. The summed E-state index contributed by atoms with van der Waals surface area (Å²) in [6, 6.07) is 16.0. The molecule has 0 bridgehead atoms. The number of amides is 1. The zero-order valence-electron chi connectivity index (χ0n) is 14.3. The third kappa shape index (κ3) is 4.24. The fraction of sp³-hybridized carbons (Fsp3) is 0.350. The van der Waals surface area contributed by atoms with Crippen molar-refractivity contribution in [3.05, 3.63) is 71.5 Å². The molecule has 2 aromatic carbocycles. The number of morpholine rings is 1. The molecular weight excluding hydrogens is 319 g/mol. The topological polar surface area (TPSA) is 41.6 Å². The van der Waals surface area contributed by atoms with Crippen LogP contribution in [0.1, 0.15) is 28.9 Å². The van der Waals surface area contributed by atoms with Gasteiger partial charge in [-0.25, -0.2) is 4.39 Å². The minimum atomic E-state index is -0.505. The molecule has 0 aliphatic carbocycles. The van der Waals surface area contributed by atoms with Crippen LogP contribution in [0.3, 0.4) is 0 Å². The highest BCUT2D eigenvalue weighted by Gasteiger charge is 2.29. The monoisotopic (exact) mass is 342 g/mol. The van der Waals surface area contributed by atoms with Gasteiger partial charge >= 0.3 is 0 Å². The summed E-state index contributed by atoms with van der Waals surface area (Å²) in [5.41, 5.74) is 1.20. The third-order valence-corrected chi connectivity index (χ3v) is 4.53. The first kappa shape index (κ1) is 17.6. The first-order chi connectivity index (χ1) is 12.2. The first-order valence-electron chi connectivity index (χ1n) is 8.59. The van der Waals surface area contributed by atoms with Crippen LogP contribution >= 0.6 is 0 Å². The number of ether oxygens (including phenoxy) is 1. The van der Waals surface area contributed by atoms with Gasteiger partial charge in [-0.15, -0.1) is 0 Å². The van der Waals surface area contributed by atoms with Gasteiger partial charge in [0.05, 0.1) is 24.8 Å². The molecule has 0 saturated carbocycles. The average molecular weight is 342 g/mol. The number of hydrogen-bond acceptors (Lipinski definition) is 3. The molecule has 1 amide bonds. The lowest BCUT2D eigenvalue weighted by molar-refractivity contribution is 0.00887. The Morgan fingerprint density at radius 1 is 1.08 bits per heavy atom. The number of carbonyl (C=O) groups excluding carboxylic acids is 1. The number of nitrogens with one attached hydrogen (secondary N) is 1. The Bertz CT molecular complexity index is 702. The highest BCUT2D eigenvalue weighted by molar-refractivity contribution is 5.94. The summed E-state index contributed by atoms with van der Waals surface area (Å²) in [4.78, 5) is 14.8. The van der Waals surface area contributed by atoms with Crippen LogP contribution in [-0.2, 0) is 4.74 Å². The van der Waals surface area contributed by atoms with E-state index in [1.807, 2.05) is 25.1 Å². The zero-order valence-corrected chi connectivity index (χ0v) is 14.3. The van der Waals surface area contributed by atoms with Crippen LogP contribution in [0.25, 0.3) is 0 Å². The largest absolute Gasteiger partial charge is 0.379 e. The highest BCUT2D eigenvalue weighted by Crippen LogP contribution is 2.25. The standard InChI is InChI=1S/C20H23FN2O2/c1-15(22-20(24)17-9-5-6-10-18(17)21)19(16-7-3-2-4-8-16)23-11-13-25-14-12-23/h2-10,15,19H,11-14H2,1H3,(H,22,24)/t15-,19-/m0/s1. The Balaban J connectivity index is 1.80. The van der Waals surface area contributed by atoms with Gasteiger partial charge in [-0.2, -0.15) is 0 Å². The lowest BCUT2D eigenvalue weighted by Gasteiger charge is -2.38. The van der Waals surface area contributed by atoms with Gasteiger partial charge in [-0.1, -0.05) is 42.5 Å². The molecule has 25 heavy (non-hydrogen) atoms. The van der Waals surface area contributed by atoms with Crippen molar-refractivity contribution in [1.82, 2.24) is 10.2 Å². The second kappa shape index (κ2) is 8.23. The Morgan fingerprint density at radius 2 is 1.72 bits per heavy atom. The fourth-order valence-electron chi connectivity index (χ4n) is 3.33. The number of carbonyl (C=O) groups is 1. The predicted octanol–water partition coefficient (Wildman–Crippen LogP) is 3.02.